The summed E-state index contributed by atoms with van der Waals surface area (Å²) in [6.07, 6.45) is 1.75. The third-order valence-electron chi connectivity index (χ3n) is 6.37. The Morgan fingerprint density at radius 2 is 2.15 bits per heavy atom. The first-order valence-electron chi connectivity index (χ1n) is 10.7. The van der Waals surface area contributed by atoms with Crippen molar-refractivity contribution in [2.24, 2.45) is 5.92 Å². The molecule has 0 unspecified atom stereocenters. The second kappa shape index (κ2) is 7.86. The van der Waals surface area contributed by atoms with Crippen molar-refractivity contribution in [1.29, 1.82) is 5.26 Å². The van der Waals surface area contributed by atoms with Gasteiger partial charge in [0.05, 0.1) is 30.6 Å². The van der Waals surface area contributed by atoms with Crippen LogP contribution in [0.3, 0.4) is 0 Å². The van der Waals surface area contributed by atoms with Gasteiger partial charge in [0, 0.05) is 23.5 Å². The Morgan fingerprint density at radius 1 is 1.33 bits per heavy atom. The lowest BCUT2D eigenvalue weighted by Gasteiger charge is -2.29. The van der Waals surface area contributed by atoms with E-state index in [2.05, 4.69) is 16.0 Å². The fourth-order valence-corrected chi connectivity index (χ4v) is 4.89. The van der Waals surface area contributed by atoms with Gasteiger partial charge in [0.1, 0.15) is 29.1 Å². The number of anilines is 5. The minimum Gasteiger partial charge on any atom is -0.396 e. The van der Waals surface area contributed by atoms with Gasteiger partial charge < -0.3 is 16.6 Å². The molecule has 0 saturated carbocycles. The summed E-state index contributed by atoms with van der Waals surface area (Å²) in [5.74, 6) is 0.433. The first-order chi connectivity index (χ1) is 15.9. The van der Waals surface area contributed by atoms with E-state index >= 15 is 0 Å². The van der Waals surface area contributed by atoms with Gasteiger partial charge >= 0.3 is 0 Å². The number of amides is 1. The second-order valence-electron chi connectivity index (χ2n) is 8.45. The average Bonchev–Trinajstić information content (AvgIpc) is 3.14. The molecule has 1 aromatic carbocycles. The van der Waals surface area contributed by atoms with E-state index in [0.29, 0.717) is 46.5 Å². The van der Waals surface area contributed by atoms with Crippen LogP contribution in [-0.2, 0) is 11.2 Å². The number of rotatable bonds is 3. The number of nitriles is 1. The van der Waals surface area contributed by atoms with Crippen LogP contribution in [0.5, 0.6) is 0 Å². The van der Waals surface area contributed by atoms with E-state index in [9.17, 15) is 19.6 Å². The smallest absolute Gasteiger partial charge is 0.240 e. The molecule has 0 spiro atoms. The van der Waals surface area contributed by atoms with Crippen molar-refractivity contribution in [3.63, 3.8) is 0 Å². The molecule has 6 N–H and O–H groups in total. The number of H-pyrrole nitrogens is 1. The molecule has 5 rings (SSSR count). The summed E-state index contributed by atoms with van der Waals surface area (Å²) in [5, 5.41) is 20.7. The van der Waals surface area contributed by atoms with Crippen molar-refractivity contribution in [3.05, 3.63) is 41.2 Å². The number of carbonyl (C=O) groups excluding carboxylic acids is 1. The van der Waals surface area contributed by atoms with Gasteiger partial charge in [-0.05, 0) is 31.0 Å². The summed E-state index contributed by atoms with van der Waals surface area (Å²) in [6, 6.07) is 7.94. The van der Waals surface area contributed by atoms with Gasteiger partial charge in [-0.15, -0.1) is 0 Å². The van der Waals surface area contributed by atoms with E-state index in [4.69, 9.17) is 11.5 Å². The third kappa shape index (κ3) is 3.29. The molecule has 2 aromatic heterocycles. The zero-order chi connectivity index (χ0) is 23.3. The Hall–Kier alpha value is -3.97. The largest absolute Gasteiger partial charge is 0.396 e. The molecule has 9 nitrogen and oxygen atoms in total. The Morgan fingerprint density at radius 3 is 2.88 bits per heavy atom. The van der Waals surface area contributed by atoms with Gasteiger partial charge in [-0.2, -0.15) is 5.26 Å². The molecule has 1 fully saturated rings. The molecule has 2 aliphatic rings. The van der Waals surface area contributed by atoms with E-state index in [1.54, 1.807) is 6.07 Å². The van der Waals surface area contributed by atoms with Gasteiger partial charge in [0.15, 0.2) is 0 Å². The van der Waals surface area contributed by atoms with Crippen LogP contribution < -0.4 is 26.3 Å². The van der Waals surface area contributed by atoms with Crippen LogP contribution in [0.15, 0.2) is 24.3 Å². The van der Waals surface area contributed by atoms with Gasteiger partial charge in [-0.1, -0.05) is 6.07 Å². The molecule has 2 aliphatic heterocycles. The predicted molar refractivity (Wildman–Crippen MR) is 121 cm³/mol. The SMILES string of the molecule is N#Cc1c(N2CCC[C@H](CO)C2)[nH+]c(N)c2c(N)nc3c(c12)CC(=O)N3c1cccc(F)c1. The number of aliphatic hydroxyl groups is 1. The van der Waals surface area contributed by atoms with Crippen LogP contribution in [0.25, 0.3) is 10.8 Å². The number of pyridine rings is 2. The highest BCUT2D eigenvalue weighted by Crippen LogP contribution is 2.43. The lowest BCUT2D eigenvalue weighted by atomic mass is 9.96. The number of benzene rings is 1. The first-order valence-corrected chi connectivity index (χ1v) is 10.7. The number of carbonyl (C=O) groups is 1. The van der Waals surface area contributed by atoms with Crippen LogP contribution in [0.1, 0.15) is 24.0 Å². The molecule has 10 heteroatoms. The van der Waals surface area contributed by atoms with Crippen molar-refractivity contribution in [2.45, 2.75) is 19.3 Å². The van der Waals surface area contributed by atoms with Crippen LogP contribution in [0, 0.1) is 23.1 Å². The van der Waals surface area contributed by atoms with Crippen molar-refractivity contribution in [1.82, 2.24) is 4.98 Å². The van der Waals surface area contributed by atoms with Crippen LogP contribution in [0.4, 0.5) is 33.3 Å². The Balaban J connectivity index is 1.75. The number of nitrogens with one attached hydrogen (secondary N) is 1. The van der Waals surface area contributed by atoms with E-state index in [0.717, 1.165) is 12.8 Å². The molecule has 1 amide bonds. The van der Waals surface area contributed by atoms with Gasteiger partial charge in [-0.25, -0.2) is 14.4 Å². The number of nitrogens with zero attached hydrogens (tertiary/aromatic N) is 4. The highest BCUT2D eigenvalue weighted by Gasteiger charge is 2.37. The van der Waals surface area contributed by atoms with Crippen molar-refractivity contribution < 1.29 is 19.3 Å². The molecule has 3 aromatic rings. The quantitative estimate of drug-likeness (QED) is 0.552. The molecule has 168 valence electrons. The minimum absolute atomic E-state index is 0.0214. The average molecular weight is 448 g/mol. The zero-order valence-corrected chi connectivity index (χ0v) is 17.8. The molecule has 4 heterocycles. The highest BCUT2D eigenvalue weighted by atomic mass is 19.1. The monoisotopic (exact) mass is 448 g/mol. The molecule has 0 aliphatic carbocycles. The number of aromatic nitrogens is 2. The lowest BCUT2D eigenvalue weighted by molar-refractivity contribution is -0.345. The summed E-state index contributed by atoms with van der Waals surface area (Å²) in [4.78, 5) is 23.9. The van der Waals surface area contributed by atoms with Crippen molar-refractivity contribution in [2.75, 3.05) is 41.0 Å². The summed E-state index contributed by atoms with van der Waals surface area (Å²) in [5.41, 5.74) is 13.8. The Bertz CT molecular complexity index is 1340. The molecule has 1 saturated heterocycles. The predicted octanol–water partition coefficient (Wildman–Crippen LogP) is 1.65. The molecule has 0 radical (unpaired) electrons. The fraction of sp³-hybridized carbons (Fsp3) is 0.304. The maximum Gasteiger partial charge on any atom is 0.240 e. The van der Waals surface area contributed by atoms with Gasteiger partial charge in [-0.3, -0.25) is 14.6 Å². The van der Waals surface area contributed by atoms with Crippen LogP contribution >= 0.6 is 0 Å². The molecule has 0 bridgehead atoms. The van der Waals surface area contributed by atoms with Crippen molar-refractivity contribution in [3.8, 4) is 6.07 Å². The van der Waals surface area contributed by atoms with Gasteiger partial charge in [0.2, 0.25) is 17.5 Å². The van der Waals surface area contributed by atoms with E-state index in [-0.39, 0.29) is 42.3 Å². The van der Waals surface area contributed by atoms with E-state index in [1.165, 1.54) is 23.1 Å². The molecular formula is C23H23FN7O2+. The number of nitrogens with two attached hydrogens (primary N) is 2. The molecular weight excluding hydrogens is 425 g/mol. The number of hydrogen-bond acceptors (Lipinski definition) is 7. The maximum absolute atomic E-state index is 13.9. The van der Waals surface area contributed by atoms with Crippen LogP contribution in [0.2, 0.25) is 0 Å². The summed E-state index contributed by atoms with van der Waals surface area (Å²) in [6.45, 7) is 1.33. The lowest BCUT2D eigenvalue weighted by Crippen LogP contribution is -2.40. The first kappa shape index (κ1) is 20.9. The van der Waals surface area contributed by atoms with Crippen molar-refractivity contribution >= 4 is 45.6 Å². The number of fused-ring (bicyclic) bond motifs is 3. The molecule has 1 atom stereocenters. The number of piperidine rings is 1. The molecule has 33 heavy (non-hydrogen) atoms. The Kier molecular flexibility index (Phi) is 4.98. The van der Waals surface area contributed by atoms with E-state index < -0.39 is 5.82 Å². The van der Waals surface area contributed by atoms with Gasteiger partial charge in [0.25, 0.3) is 0 Å². The highest BCUT2D eigenvalue weighted by molar-refractivity contribution is 6.15. The fourth-order valence-electron chi connectivity index (χ4n) is 4.89. The number of nitrogen functional groups attached to an aromatic ring is 2. The summed E-state index contributed by atoms with van der Waals surface area (Å²) >= 11 is 0. The van der Waals surface area contributed by atoms with Crippen LogP contribution in [-0.4, -0.2) is 35.7 Å². The summed E-state index contributed by atoms with van der Waals surface area (Å²) in [7, 11) is 0. The normalized spacial score (nSPS) is 18.0. The maximum atomic E-state index is 13.9. The standard InChI is InChI=1S/C23H22FN7O2/c24-13-4-1-5-14(7-13)31-17(33)8-15-18-16(9-25)22(30-6-2-3-12(10-30)11-32)28-20(26)19(18)21(27)29-23(15)31/h1,4-5,7,12,32H,2-3,6,8,10-11H2,(H2,26,28)(H2,27,29)/p+1/t12-/m0/s1. The number of hydrogen-bond donors (Lipinski definition) is 3. The number of halogens is 1. The topological polar surface area (TPSA) is 147 Å². The number of aliphatic hydroxyl groups excluding tert-OH is 1. The third-order valence-corrected chi connectivity index (χ3v) is 6.37. The number of aromatic amines is 1. The Labute approximate surface area is 189 Å². The summed E-state index contributed by atoms with van der Waals surface area (Å²) < 4.78 is 13.9. The zero-order valence-electron chi connectivity index (χ0n) is 17.8. The van der Waals surface area contributed by atoms with E-state index in [1.807, 2.05) is 4.90 Å². The minimum atomic E-state index is -0.482. The second-order valence-corrected chi connectivity index (χ2v) is 8.45.